The Hall–Kier alpha value is -2.02. The fourth-order valence-corrected chi connectivity index (χ4v) is 5.15. The van der Waals surface area contributed by atoms with Crippen molar-refractivity contribution in [3.05, 3.63) is 29.8 Å². The molecule has 3 amide bonds. The smallest absolute Gasteiger partial charge is 0.255 e. The van der Waals surface area contributed by atoms with Crippen LogP contribution in [0, 0.1) is 11.8 Å². The van der Waals surface area contributed by atoms with Crippen LogP contribution in [-0.4, -0.2) is 66.0 Å². The molecule has 0 aromatic heterocycles. The lowest BCUT2D eigenvalue weighted by atomic mass is 9.89. The van der Waals surface area contributed by atoms with Gasteiger partial charge in [0, 0.05) is 43.5 Å². The number of rotatable bonds is 7. The van der Waals surface area contributed by atoms with Crippen molar-refractivity contribution >= 4 is 29.5 Å². The molecular formula is C24H35N3O3S. The Kier molecular flexibility index (Phi) is 8.81. The van der Waals surface area contributed by atoms with Gasteiger partial charge < -0.3 is 15.1 Å². The van der Waals surface area contributed by atoms with Gasteiger partial charge in [0.1, 0.15) is 0 Å². The number of hydrogen-bond acceptors (Lipinski definition) is 4. The molecule has 6 nitrogen and oxygen atoms in total. The topological polar surface area (TPSA) is 69.7 Å². The molecule has 2 aliphatic rings. The van der Waals surface area contributed by atoms with E-state index in [0.717, 1.165) is 11.4 Å². The summed E-state index contributed by atoms with van der Waals surface area (Å²) in [5, 5.41) is 3.07. The van der Waals surface area contributed by atoms with Crippen LogP contribution in [0.1, 0.15) is 56.3 Å². The maximum absolute atomic E-state index is 13.1. The fraction of sp³-hybridized carbons (Fsp3) is 0.625. The van der Waals surface area contributed by atoms with Crippen LogP contribution in [-0.2, 0) is 9.59 Å². The highest BCUT2D eigenvalue weighted by Gasteiger charge is 2.27. The van der Waals surface area contributed by atoms with E-state index in [1.165, 1.54) is 43.9 Å². The third-order valence-electron chi connectivity index (χ3n) is 6.16. The Balaban J connectivity index is 1.51. The van der Waals surface area contributed by atoms with Crippen molar-refractivity contribution in [3.8, 4) is 0 Å². The van der Waals surface area contributed by atoms with Crippen molar-refractivity contribution in [1.82, 2.24) is 15.1 Å². The molecule has 1 aliphatic carbocycles. The molecule has 1 heterocycles. The first-order valence-electron chi connectivity index (χ1n) is 11.5. The average molecular weight is 446 g/mol. The summed E-state index contributed by atoms with van der Waals surface area (Å²) in [6.07, 6.45) is 6.27. The number of benzene rings is 1. The summed E-state index contributed by atoms with van der Waals surface area (Å²) >= 11 is 1.42. The van der Waals surface area contributed by atoms with Crippen molar-refractivity contribution in [2.45, 2.75) is 50.8 Å². The zero-order chi connectivity index (χ0) is 22.2. The predicted octanol–water partition coefficient (Wildman–Crippen LogP) is 3.42. The lowest BCUT2D eigenvalue weighted by Crippen LogP contribution is -2.51. The van der Waals surface area contributed by atoms with E-state index < -0.39 is 0 Å². The van der Waals surface area contributed by atoms with Crippen molar-refractivity contribution in [1.29, 1.82) is 0 Å². The standard InChI is InChI=1S/C24H35N3O3S/c1-18(2)23(29)26-12-14-27(15-13-26)24(30)20-10-6-7-11-21(20)31-17-22(28)25-16-19-8-4-3-5-9-19/h6-7,10-11,18-19H,3-5,8-9,12-17H2,1-2H3,(H,25,28). The first-order valence-corrected chi connectivity index (χ1v) is 12.5. The summed E-state index contributed by atoms with van der Waals surface area (Å²) in [5.41, 5.74) is 0.635. The van der Waals surface area contributed by atoms with Gasteiger partial charge in [0.05, 0.1) is 11.3 Å². The lowest BCUT2D eigenvalue weighted by molar-refractivity contribution is -0.135. The molecule has 0 bridgehead atoms. The predicted molar refractivity (Wildman–Crippen MR) is 124 cm³/mol. The highest BCUT2D eigenvalue weighted by atomic mass is 32.2. The normalized spacial score (nSPS) is 17.6. The van der Waals surface area contributed by atoms with Gasteiger partial charge in [0.2, 0.25) is 11.8 Å². The van der Waals surface area contributed by atoms with E-state index >= 15 is 0 Å². The fourth-order valence-electron chi connectivity index (χ4n) is 4.28. The zero-order valence-electron chi connectivity index (χ0n) is 18.8. The summed E-state index contributed by atoms with van der Waals surface area (Å²) in [6, 6.07) is 7.50. The van der Waals surface area contributed by atoms with Crippen molar-refractivity contribution < 1.29 is 14.4 Å². The maximum Gasteiger partial charge on any atom is 0.255 e. The number of amides is 3. The van der Waals surface area contributed by atoms with Gasteiger partial charge in [-0.25, -0.2) is 0 Å². The first-order chi connectivity index (χ1) is 15.0. The summed E-state index contributed by atoms with van der Waals surface area (Å²) in [5.74, 6) is 1.04. The minimum absolute atomic E-state index is 0.0244. The van der Waals surface area contributed by atoms with Crippen LogP contribution < -0.4 is 5.32 Å². The van der Waals surface area contributed by atoms with Gasteiger partial charge in [-0.1, -0.05) is 45.2 Å². The second kappa shape index (κ2) is 11.6. The van der Waals surface area contributed by atoms with Gasteiger partial charge in [-0.05, 0) is 30.9 Å². The number of thioether (sulfide) groups is 1. The molecule has 31 heavy (non-hydrogen) atoms. The van der Waals surface area contributed by atoms with Gasteiger partial charge in [0.25, 0.3) is 5.91 Å². The number of piperazine rings is 1. The van der Waals surface area contributed by atoms with Crippen LogP contribution in [0.15, 0.2) is 29.2 Å². The second-order valence-electron chi connectivity index (χ2n) is 8.87. The Labute approximate surface area is 190 Å². The minimum Gasteiger partial charge on any atom is -0.355 e. The van der Waals surface area contributed by atoms with Crippen LogP contribution in [0.25, 0.3) is 0 Å². The van der Waals surface area contributed by atoms with Crippen molar-refractivity contribution in [3.63, 3.8) is 0 Å². The number of nitrogens with one attached hydrogen (secondary N) is 1. The van der Waals surface area contributed by atoms with Gasteiger partial charge in [-0.3, -0.25) is 14.4 Å². The maximum atomic E-state index is 13.1. The first kappa shape index (κ1) is 23.6. The zero-order valence-corrected chi connectivity index (χ0v) is 19.6. The van der Waals surface area contributed by atoms with E-state index in [4.69, 9.17) is 0 Å². The van der Waals surface area contributed by atoms with Gasteiger partial charge in [0.15, 0.2) is 0 Å². The lowest BCUT2D eigenvalue weighted by Gasteiger charge is -2.35. The third kappa shape index (κ3) is 6.73. The Morgan fingerprint density at radius 3 is 2.32 bits per heavy atom. The molecule has 0 atom stereocenters. The number of nitrogens with zero attached hydrogens (tertiary/aromatic N) is 2. The molecule has 1 N–H and O–H groups in total. The SMILES string of the molecule is CC(C)C(=O)N1CCN(C(=O)c2ccccc2SCC(=O)NCC2CCCCC2)CC1. The van der Waals surface area contributed by atoms with Crippen LogP contribution in [0.3, 0.4) is 0 Å². The molecule has 2 fully saturated rings. The Morgan fingerprint density at radius 1 is 1.00 bits per heavy atom. The third-order valence-corrected chi connectivity index (χ3v) is 7.23. The van der Waals surface area contributed by atoms with E-state index in [-0.39, 0.29) is 23.6 Å². The van der Waals surface area contributed by atoms with Crippen LogP contribution in [0.5, 0.6) is 0 Å². The van der Waals surface area contributed by atoms with Crippen LogP contribution >= 0.6 is 11.8 Å². The molecule has 170 valence electrons. The monoisotopic (exact) mass is 445 g/mol. The molecular weight excluding hydrogens is 410 g/mol. The molecule has 0 spiro atoms. The quantitative estimate of drug-likeness (QED) is 0.653. The minimum atomic E-state index is -0.0256. The van der Waals surface area contributed by atoms with Crippen LogP contribution in [0.2, 0.25) is 0 Å². The molecule has 1 aromatic rings. The molecule has 1 saturated carbocycles. The Bertz CT molecular complexity index is 769. The van der Waals surface area contributed by atoms with E-state index in [1.807, 2.05) is 47.9 Å². The molecule has 0 unspecified atom stereocenters. The molecule has 7 heteroatoms. The number of hydrogen-bond donors (Lipinski definition) is 1. The van der Waals surface area contributed by atoms with E-state index in [0.29, 0.717) is 43.4 Å². The van der Waals surface area contributed by atoms with Gasteiger partial charge in [-0.15, -0.1) is 11.8 Å². The molecule has 1 aliphatic heterocycles. The summed E-state index contributed by atoms with van der Waals surface area (Å²) in [6.45, 7) is 6.79. The van der Waals surface area contributed by atoms with E-state index in [9.17, 15) is 14.4 Å². The highest BCUT2D eigenvalue weighted by Crippen LogP contribution is 2.25. The number of carbonyl (C=O) groups excluding carboxylic acids is 3. The Morgan fingerprint density at radius 2 is 1.65 bits per heavy atom. The van der Waals surface area contributed by atoms with E-state index in [1.54, 1.807) is 0 Å². The number of carbonyl (C=O) groups is 3. The van der Waals surface area contributed by atoms with Gasteiger partial charge >= 0.3 is 0 Å². The highest BCUT2D eigenvalue weighted by molar-refractivity contribution is 8.00. The summed E-state index contributed by atoms with van der Waals surface area (Å²) < 4.78 is 0. The molecule has 0 radical (unpaired) electrons. The van der Waals surface area contributed by atoms with Crippen LogP contribution in [0.4, 0.5) is 0 Å². The van der Waals surface area contributed by atoms with Crippen molar-refractivity contribution in [2.24, 2.45) is 11.8 Å². The molecule has 1 saturated heterocycles. The average Bonchev–Trinajstić information content (AvgIpc) is 2.81. The second-order valence-corrected chi connectivity index (χ2v) is 9.88. The van der Waals surface area contributed by atoms with E-state index in [2.05, 4.69) is 5.32 Å². The summed E-state index contributed by atoms with van der Waals surface area (Å²) in [4.78, 5) is 42.1. The largest absolute Gasteiger partial charge is 0.355 e. The summed E-state index contributed by atoms with van der Waals surface area (Å²) in [7, 11) is 0. The van der Waals surface area contributed by atoms with Gasteiger partial charge in [-0.2, -0.15) is 0 Å². The van der Waals surface area contributed by atoms with Crippen molar-refractivity contribution in [2.75, 3.05) is 38.5 Å². The molecule has 1 aromatic carbocycles. The molecule has 3 rings (SSSR count).